The number of nitrogens with one attached hydrogen (secondary N) is 1. The zero-order valence-electron chi connectivity index (χ0n) is 10.5. The van der Waals surface area contributed by atoms with E-state index in [-0.39, 0.29) is 0 Å². The third kappa shape index (κ3) is 5.61. The maximum atomic E-state index is 3.35. The summed E-state index contributed by atoms with van der Waals surface area (Å²) in [5, 5.41) is 3.35. The van der Waals surface area contributed by atoms with E-state index in [2.05, 4.69) is 24.2 Å². The van der Waals surface area contributed by atoms with E-state index < -0.39 is 0 Å². The molecule has 86 valence electrons. The average Bonchev–Trinajstić information content (AvgIpc) is 2.30. The monoisotopic (exact) mass is 200 g/mol. The summed E-state index contributed by atoms with van der Waals surface area (Å²) in [6.45, 7) is 10.2. The minimum Gasteiger partial charge on any atom is -0.317 e. The third-order valence-corrected chi connectivity index (χ3v) is 2.82. The summed E-state index contributed by atoms with van der Waals surface area (Å²) >= 11 is 0. The number of nitrogens with zero attached hydrogens (tertiary/aromatic N) is 1. The van der Waals surface area contributed by atoms with E-state index in [1.165, 1.54) is 45.3 Å². The lowest BCUT2D eigenvalue weighted by Gasteiger charge is -2.31. The Morgan fingerprint density at radius 2 is 1.79 bits per heavy atom. The normalized spacial score (nSPS) is 18.9. The van der Waals surface area contributed by atoms with Gasteiger partial charge in [-0.25, -0.2) is 0 Å². The third-order valence-electron chi connectivity index (χ3n) is 2.82. The van der Waals surface area contributed by atoms with Gasteiger partial charge in [-0.05, 0) is 45.9 Å². The second kappa shape index (κ2) is 9.47. The van der Waals surface area contributed by atoms with Gasteiger partial charge < -0.3 is 10.2 Å². The molecule has 1 fully saturated rings. The first-order valence-corrected chi connectivity index (χ1v) is 6.26. The quantitative estimate of drug-likeness (QED) is 0.750. The molecule has 0 radical (unpaired) electrons. The maximum Gasteiger partial charge on any atom is 0.00884 e. The molecule has 0 saturated carbocycles. The summed E-state index contributed by atoms with van der Waals surface area (Å²) in [5.74, 6) is 0. The molecular weight excluding hydrogens is 172 g/mol. The zero-order valence-corrected chi connectivity index (χ0v) is 10.5. The molecule has 0 spiro atoms. The smallest absolute Gasteiger partial charge is 0.00884 e. The van der Waals surface area contributed by atoms with Gasteiger partial charge in [-0.15, -0.1) is 0 Å². The maximum absolute atomic E-state index is 3.35. The molecule has 1 aliphatic rings. The highest BCUT2D eigenvalue weighted by Crippen LogP contribution is 2.10. The Morgan fingerprint density at radius 3 is 2.21 bits per heavy atom. The molecule has 1 heterocycles. The van der Waals surface area contributed by atoms with Crippen molar-refractivity contribution in [2.45, 2.75) is 52.5 Å². The van der Waals surface area contributed by atoms with Crippen LogP contribution in [0.3, 0.4) is 0 Å². The second-order valence-corrected chi connectivity index (χ2v) is 3.76. The number of hydrogen-bond donors (Lipinski definition) is 1. The topological polar surface area (TPSA) is 15.3 Å². The molecule has 14 heavy (non-hydrogen) atoms. The van der Waals surface area contributed by atoms with Crippen LogP contribution < -0.4 is 5.32 Å². The largest absolute Gasteiger partial charge is 0.317 e. The van der Waals surface area contributed by atoms with Crippen molar-refractivity contribution in [2.24, 2.45) is 0 Å². The second-order valence-electron chi connectivity index (χ2n) is 3.76. The highest BCUT2D eigenvalue weighted by Gasteiger charge is 2.16. The van der Waals surface area contributed by atoms with E-state index in [1.807, 2.05) is 13.8 Å². The van der Waals surface area contributed by atoms with Gasteiger partial charge in [0, 0.05) is 6.04 Å². The van der Waals surface area contributed by atoms with E-state index in [0.29, 0.717) is 0 Å². The van der Waals surface area contributed by atoms with E-state index >= 15 is 0 Å². The van der Waals surface area contributed by atoms with Gasteiger partial charge in [-0.2, -0.15) is 0 Å². The summed E-state index contributed by atoms with van der Waals surface area (Å²) < 4.78 is 0. The first kappa shape index (κ1) is 13.9. The molecule has 0 amide bonds. The Morgan fingerprint density at radius 1 is 1.21 bits per heavy atom. The minimum atomic E-state index is 0.780. The van der Waals surface area contributed by atoms with Crippen LogP contribution in [0.5, 0.6) is 0 Å². The van der Waals surface area contributed by atoms with Gasteiger partial charge in [0.15, 0.2) is 0 Å². The molecule has 0 atom stereocenters. The Hall–Kier alpha value is -0.0800. The fourth-order valence-electron chi connectivity index (χ4n) is 1.83. The average molecular weight is 200 g/mol. The van der Waals surface area contributed by atoms with Crippen LogP contribution in [0.1, 0.15) is 46.5 Å². The fourth-order valence-corrected chi connectivity index (χ4v) is 1.83. The molecule has 1 N–H and O–H groups in total. The summed E-state index contributed by atoms with van der Waals surface area (Å²) in [7, 11) is 2.08. The molecular formula is C12H28N2. The molecule has 0 unspecified atom stereocenters. The molecule has 1 aliphatic heterocycles. The summed E-state index contributed by atoms with van der Waals surface area (Å²) in [4.78, 5) is 2.59. The summed E-state index contributed by atoms with van der Waals surface area (Å²) in [5.41, 5.74) is 0. The van der Waals surface area contributed by atoms with Gasteiger partial charge in [-0.1, -0.05) is 27.2 Å². The first-order valence-electron chi connectivity index (χ1n) is 6.26. The van der Waals surface area contributed by atoms with Gasteiger partial charge in [0.25, 0.3) is 0 Å². The first-order chi connectivity index (χ1) is 6.86. The summed E-state index contributed by atoms with van der Waals surface area (Å²) in [6, 6.07) is 0.780. The number of unbranched alkanes of at least 4 members (excludes halogenated alkanes) is 1. The van der Waals surface area contributed by atoms with Gasteiger partial charge in [0.05, 0.1) is 0 Å². The van der Waals surface area contributed by atoms with Crippen molar-refractivity contribution in [3.63, 3.8) is 0 Å². The van der Waals surface area contributed by atoms with Crippen LogP contribution in [0.25, 0.3) is 0 Å². The lowest BCUT2D eigenvalue weighted by Crippen LogP contribution is -2.41. The Labute approximate surface area is 90.1 Å². The molecule has 1 saturated heterocycles. The number of rotatable bonds is 4. The van der Waals surface area contributed by atoms with E-state index in [9.17, 15) is 0 Å². The van der Waals surface area contributed by atoms with Crippen LogP contribution in [0.2, 0.25) is 0 Å². The van der Waals surface area contributed by atoms with Gasteiger partial charge >= 0.3 is 0 Å². The molecule has 0 aromatic rings. The van der Waals surface area contributed by atoms with Crippen molar-refractivity contribution >= 4 is 0 Å². The molecule has 1 rings (SSSR count). The van der Waals surface area contributed by atoms with Gasteiger partial charge in [0.1, 0.15) is 0 Å². The molecule has 2 nitrogen and oxygen atoms in total. The van der Waals surface area contributed by atoms with Crippen LogP contribution >= 0.6 is 0 Å². The van der Waals surface area contributed by atoms with Crippen molar-refractivity contribution < 1.29 is 0 Å². The van der Waals surface area contributed by atoms with E-state index in [0.717, 1.165) is 6.04 Å². The predicted molar refractivity (Wildman–Crippen MR) is 64.8 cm³/mol. The van der Waals surface area contributed by atoms with Crippen molar-refractivity contribution in [3.05, 3.63) is 0 Å². The zero-order chi connectivity index (χ0) is 10.8. The van der Waals surface area contributed by atoms with E-state index in [4.69, 9.17) is 0 Å². The van der Waals surface area contributed by atoms with Crippen LogP contribution in [0.15, 0.2) is 0 Å². The number of hydrogen-bond acceptors (Lipinski definition) is 2. The highest BCUT2D eigenvalue weighted by molar-refractivity contribution is 4.75. The van der Waals surface area contributed by atoms with Gasteiger partial charge in [-0.3, -0.25) is 0 Å². The fraction of sp³-hybridized carbons (Fsp3) is 1.00. The van der Waals surface area contributed by atoms with Crippen molar-refractivity contribution in [2.75, 3.05) is 26.7 Å². The lowest BCUT2D eigenvalue weighted by molar-refractivity contribution is 0.199. The van der Waals surface area contributed by atoms with Crippen LogP contribution in [0.4, 0.5) is 0 Å². The van der Waals surface area contributed by atoms with Crippen LogP contribution in [-0.2, 0) is 0 Å². The van der Waals surface area contributed by atoms with Crippen molar-refractivity contribution in [1.82, 2.24) is 10.2 Å². The standard InChI is InChI=1S/C10H22N2.C2H6/c1-3-4-7-12-8-5-10(11-2)6-9-12;1-2/h10-11H,3-9H2,1-2H3;1-2H3. The van der Waals surface area contributed by atoms with Gasteiger partial charge in [0.2, 0.25) is 0 Å². The number of piperidine rings is 1. The highest BCUT2D eigenvalue weighted by atomic mass is 15.1. The number of likely N-dealkylation sites (tertiary alicyclic amines) is 1. The van der Waals surface area contributed by atoms with Crippen molar-refractivity contribution in [1.29, 1.82) is 0 Å². The molecule has 0 bridgehead atoms. The Bertz CT molecular complexity index is 107. The molecule has 0 aromatic carbocycles. The van der Waals surface area contributed by atoms with Crippen LogP contribution in [0, 0.1) is 0 Å². The van der Waals surface area contributed by atoms with E-state index in [1.54, 1.807) is 0 Å². The Kier molecular flexibility index (Phi) is 9.42. The lowest BCUT2D eigenvalue weighted by atomic mass is 10.1. The predicted octanol–water partition coefficient (Wildman–Crippen LogP) is 2.50. The summed E-state index contributed by atoms with van der Waals surface area (Å²) in [6.07, 6.45) is 5.36. The molecule has 0 aromatic heterocycles. The minimum absolute atomic E-state index is 0.780. The SMILES string of the molecule is CC.CCCCN1CCC(NC)CC1. The molecule has 0 aliphatic carbocycles. The molecule has 2 heteroatoms. The Balaban J connectivity index is 0.000000791. The van der Waals surface area contributed by atoms with Crippen molar-refractivity contribution in [3.8, 4) is 0 Å². The van der Waals surface area contributed by atoms with Crippen LogP contribution in [-0.4, -0.2) is 37.6 Å².